The minimum atomic E-state index is 0.0155. The van der Waals surface area contributed by atoms with Crippen molar-refractivity contribution in [1.29, 1.82) is 0 Å². The number of aliphatic hydroxyl groups excluding tert-OH is 2. The van der Waals surface area contributed by atoms with Crippen LogP contribution in [0.5, 0.6) is 0 Å². The highest BCUT2D eigenvalue weighted by molar-refractivity contribution is 6.14. The summed E-state index contributed by atoms with van der Waals surface area (Å²) in [6.07, 6.45) is 0. The Morgan fingerprint density at radius 1 is 1.00 bits per heavy atom. The van der Waals surface area contributed by atoms with E-state index in [9.17, 15) is 10.2 Å². The molecule has 0 aliphatic rings. The van der Waals surface area contributed by atoms with Crippen LogP contribution in [-0.4, -0.2) is 36.5 Å². The van der Waals surface area contributed by atoms with Gasteiger partial charge in [-0.1, -0.05) is 18.2 Å². The monoisotopic (exact) mass is 286 g/mol. The SMILES string of the molecule is Nc1ccc(N(CCO)CCO)c2c1oc1ccccc12. The molecule has 0 bridgehead atoms. The van der Waals surface area contributed by atoms with Crippen LogP contribution in [0.1, 0.15) is 0 Å². The van der Waals surface area contributed by atoms with E-state index in [1.807, 2.05) is 35.2 Å². The van der Waals surface area contributed by atoms with Gasteiger partial charge < -0.3 is 25.3 Å². The number of aliphatic hydroxyl groups is 2. The molecule has 21 heavy (non-hydrogen) atoms. The molecular weight excluding hydrogens is 268 g/mol. The van der Waals surface area contributed by atoms with Crippen LogP contribution in [0, 0.1) is 0 Å². The fourth-order valence-electron chi connectivity index (χ4n) is 2.69. The predicted octanol–water partition coefficient (Wildman–Crippen LogP) is 1.96. The number of fused-ring (bicyclic) bond motifs is 3. The molecule has 3 rings (SSSR count). The Kier molecular flexibility index (Phi) is 3.68. The van der Waals surface area contributed by atoms with Crippen molar-refractivity contribution in [3.63, 3.8) is 0 Å². The van der Waals surface area contributed by atoms with Crippen LogP contribution < -0.4 is 10.6 Å². The van der Waals surface area contributed by atoms with Crippen molar-refractivity contribution in [3.05, 3.63) is 36.4 Å². The first-order chi connectivity index (χ1) is 10.3. The summed E-state index contributed by atoms with van der Waals surface area (Å²) in [5.41, 5.74) is 8.94. The minimum absolute atomic E-state index is 0.0155. The van der Waals surface area contributed by atoms with E-state index < -0.39 is 0 Å². The number of benzene rings is 2. The fourth-order valence-corrected chi connectivity index (χ4v) is 2.69. The molecule has 110 valence electrons. The van der Waals surface area contributed by atoms with Gasteiger partial charge in [0.15, 0.2) is 5.58 Å². The van der Waals surface area contributed by atoms with Gasteiger partial charge in [-0.3, -0.25) is 0 Å². The van der Waals surface area contributed by atoms with Gasteiger partial charge in [-0.05, 0) is 18.2 Å². The lowest BCUT2D eigenvalue weighted by Crippen LogP contribution is -2.29. The smallest absolute Gasteiger partial charge is 0.160 e. The largest absolute Gasteiger partial charge is 0.454 e. The van der Waals surface area contributed by atoms with E-state index in [-0.39, 0.29) is 13.2 Å². The van der Waals surface area contributed by atoms with Gasteiger partial charge in [0.05, 0.1) is 24.3 Å². The van der Waals surface area contributed by atoms with Gasteiger partial charge in [-0.25, -0.2) is 0 Å². The van der Waals surface area contributed by atoms with Gasteiger partial charge in [0.2, 0.25) is 0 Å². The van der Waals surface area contributed by atoms with Crippen LogP contribution in [0.3, 0.4) is 0 Å². The summed E-state index contributed by atoms with van der Waals surface area (Å²) >= 11 is 0. The van der Waals surface area contributed by atoms with Gasteiger partial charge in [0, 0.05) is 24.2 Å². The molecule has 0 radical (unpaired) electrons. The maximum atomic E-state index is 9.24. The Morgan fingerprint density at radius 3 is 2.43 bits per heavy atom. The summed E-state index contributed by atoms with van der Waals surface area (Å²) < 4.78 is 5.85. The van der Waals surface area contributed by atoms with Crippen LogP contribution in [0.15, 0.2) is 40.8 Å². The minimum Gasteiger partial charge on any atom is -0.454 e. The third kappa shape index (κ3) is 2.30. The lowest BCUT2D eigenvalue weighted by atomic mass is 10.1. The van der Waals surface area contributed by atoms with E-state index in [4.69, 9.17) is 10.2 Å². The average molecular weight is 286 g/mol. The van der Waals surface area contributed by atoms with E-state index >= 15 is 0 Å². The summed E-state index contributed by atoms with van der Waals surface area (Å²) in [7, 11) is 0. The Balaban J connectivity index is 2.29. The highest BCUT2D eigenvalue weighted by atomic mass is 16.3. The summed E-state index contributed by atoms with van der Waals surface area (Å²) in [4.78, 5) is 1.93. The number of nitrogens with two attached hydrogens (primary N) is 1. The molecule has 0 saturated heterocycles. The molecule has 0 fully saturated rings. The zero-order valence-corrected chi connectivity index (χ0v) is 11.6. The van der Waals surface area contributed by atoms with E-state index in [1.165, 1.54) is 0 Å². The maximum absolute atomic E-state index is 9.24. The maximum Gasteiger partial charge on any atom is 0.160 e. The molecule has 5 nitrogen and oxygen atoms in total. The average Bonchev–Trinajstić information content (AvgIpc) is 2.88. The van der Waals surface area contributed by atoms with Crippen molar-refractivity contribution in [3.8, 4) is 0 Å². The first kappa shape index (κ1) is 13.7. The molecule has 5 heteroatoms. The second-order valence-electron chi connectivity index (χ2n) is 4.91. The number of furan rings is 1. The van der Waals surface area contributed by atoms with Crippen LogP contribution in [0.4, 0.5) is 11.4 Å². The number of anilines is 2. The van der Waals surface area contributed by atoms with Crippen molar-refractivity contribution in [2.45, 2.75) is 0 Å². The number of rotatable bonds is 5. The van der Waals surface area contributed by atoms with Crippen LogP contribution >= 0.6 is 0 Å². The number of nitrogens with zero attached hydrogens (tertiary/aromatic N) is 1. The molecule has 1 heterocycles. The zero-order chi connectivity index (χ0) is 14.8. The van der Waals surface area contributed by atoms with E-state index in [1.54, 1.807) is 6.07 Å². The molecule has 0 atom stereocenters. The molecule has 0 aliphatic carbocycles. The highest BCUT2D eigenvalue weighted by Gasteiger charge is 2.17. The zero-order valence-electron chi connectivity index (χ0n) is 11.6. The molecule has 4 N–H and O–H groups in total. The van der Waals surface area contributed by atoms with Crippen LogP contribution in [0.2, 0.25) is 0 Å². The Bertz CT molecular complexity index is 761. The van der Waals surface area contributed by atoms with E-state index in [2.05, 4.69) is 0 Å². The van der Waals surface area contributed by atoms with Crippen molar-refractivity contribution < 1.29 is 14.6 Å². The predicted molar refractivity (Wildman–Crippen MR) is 84.5 cm³/mol. The van der Waals surface area contributed by atoms with Gasteiger partial charge in [-0.15, -0.1) is 0 Å². The number of hydrogen-bond donors (Lipinski definition) is 3. The Morgan fingerprint density at radius 2 is 1.71 bits per heavy atom. The van der Waals surface area contributed by atoms with Crippen molar-refractivity contribution in [1.82, 2.24) is 0 Å². The Labute approximate surface area is 122 Å². The number of hydrogen-bond acceptors (Lipinski definition) is 5. The molecule has 0 unspecified atom stereocenters. The first-order valence-electron chi connectivity index (χ1n) is 6.92. The summed E-state index contributed by atoms with van der Waals surface area (Å²) in [5.74, 6) is 0. The molecular formula is C16H18N2O3. The highest BCUT2D eigenvalue weighted by Crippen LogP contribution is 2.38. The summed E-state index contributed by atoms with van der Waals surface area (Å²) in [5, 5.41) is 20.4. The third-order valence-corrected chi connectivity index (χ3v) is 3.62. The second kappa shape index (κ2) is 5.63. The number of para-hydroxylation sites is 1. The lowest BCUT2D eigenvalue weighted by Gasteiger charge is -2.24. The first-order valence-corrected chi connectivity index (χ1v) is 6.92. The second-order valence-corrected chi connectivity index (χ2v) is 4.91. The summed E-state index contributed by atoms with van der Waals surface area (Å²) in [6.45, 7) is 0.918. The van der Waals surface area contributed by atoms with Gasteiger partial charge in [-0.2, -0.15) is 0 Å². The lowest BCUT2D eigenvalue weighted by molar-refractivity contribution is 0.281. The van der Waals surface area contributed by atoms with Crippen LogP contribution in [0.25, 0.3) is 21.9 Å². The standard InChI is InChI=1S/C16H18N2O3/c17-12-5-6-13(18(7-9-19)8-10-20)15-11-3-1-2-4-14(11)21-16(12)15/h1-6,19-20H,7-10,17H2. The van der Waals surface area contributed by atoms with Crippen LogP contribution in [-0.2, 0) is 0 Å². The van der Waals surface area contributed by atoms with Gasteiger partial charge in [0.1, 0.15) is 5.58 Å². The molecule has 0 saturated carbocycles. The fraction of sp³-hybridized carbons (Fsp3) is 0.250. The molecule has 0 amide bonds. The molecule has 1 aromatic heterocycles. The van der Waals surface area contributed by atoms with Gasteiger partial charge >= 0.3 is 0 Å². The third-order valence-electron chi connectivity index (χ3n) is 3.62. The molecule has 2 aromatic carbocycles. The van der Waals surface area contributed by atoms with E-state index in [0.29, 0.717) is 24.4 Å². The van der Waals surface area contributed by atoms with Crippen molar-refractivity contribution in [2.75, 3.05) is 36.9 Å². The topological polar surface area (TPSA) is 82.9 Å². The van der Waals surface area contributed by atoms with E-state index in [0.717, 1.165) is 22.0 Å². The normalized spacial score (nSPS) is 11.3. The van der Waals surface area contributed by atoms with Crippen molar-refractivity contribution in [2.24, 2.45) is 0 Å². The summed E-state index contributed by atoms with van der Waals surface area (Å²) in [6, 6.07) is 11.5. The quantitative estimate of drug-likeness (QED) is 0.625. The molecule has 0 spiro atoms. The molecule has 0 aliphatic heterocycles. The number of nitrogen functional groups attached to an aromatic ring is 1. The molecule has 3 aromatic rings. The van der Waals surface area contributed by atoms with Crippen molar-refractivity contribution >= 4 is 33.3 Å². The van der Waals surface area contributed by atoms with Gasteiger partial charge in [0.25, 0.3) is 0 Å². The Hall–Kier alpha value is -2.24.